The van der Waals surface area contributed by atoms with Gasteiger partial charge in [-0.05, 0) is 36.2 Å². The largest absolute Gasteiger partial charge is 0.244 e. The molecule has 1 unspecified atom stereocenters. The zero-order chi connectivity index (χ0) is 15.7. The molecule has 2 aromatic carbocycles. The van der Waals surface area contributed by atoms with Gasteiger partial charge in [-0.15, -0.1) is 11.8 Å². The molecule has 6 heteroatoms. The van der Waals surface area contributed by atoms with Crippen LogP contribution in [0.5, 0.6) is 0 Å². The molecular weight excluding hydrogens is 338 g/mol. The fraction of sp³-hybridized carbons (Fsp3) is 0.250. The van der Waals surface area contributed by atoms with E-state index >= 15 is 0 Å². The summed E-state index contributed by atoms with van der Waals surface area (Å²) < 4.78 is 27.5. The van der Waals surface area contributed by atoms with Crippen LogP contribution in [0.4, 0.5) is 0 Å². The Morgan fingerprint density at radius 1 is 1.18 bits per heavy atom. The van der Waals surface area contributed by atoms with Gasteiger partial charge in [0.1, 0.15) is 0 Å². The second-order valence-corrected chi connectivity index (χ2v) is 8.66. The Balaban J connectivity index is 2.01. The van der Waals surface area contributed by atoms with E-state index in [4.69, 9.17) is 11.6 Å². The minimum atomic E-state index is -3.52. The molecule has 1 heterocycles. The molecule has 1 aliphatic heterocycles. The van der Waals surface area contributed by atoms with Crippen molar-refractivity contribution in [3.63, 3.8) is 0 Å². The molecule has 0 radical (unpaired) electrons. The molecule has 3 rings (SSSR count). The van der Waals surface area contributed by atoms with E-state index in [0.717, 1.165) is 16.9 Å². The molecule has 0 saturated carbocycles. The first-order valence-electron chi connectivity index (χ1n) is 6.95. The van der Waals surface area contributed by atoms with Crippen LogP contribution in [0.1, 0.15) is 16.5 Å². The van der Waals surface area contributed by atoms with Gasteiger partial charge in [-0.1, -0.05) is 41.9 Å². The summed E-state index contributed by atoms with van der Waals surface area (Å²) in [6, 6.07) is 14.5. The maximum absolute atomic E-state index is 13.0. The van der Waals surface area contributed by atoms with Gasteiger partial charge in [0.15, 0.2) is 0 Å². The highest BCUT2D eigenvalue weighted by atomic mass is 35.5. The molecule has 0 spiro atoms. The van der Waals surface area contributed by atoms with Crippen molar-refractivity contribution in [2.45, 2.75) is 17.2 Å². The summed E-state index contributed by atoms with van der Waals surface area (Å²) in [6.45, 7) is 2.39. The number of hydrogen-bond acceptors (Lipinski definition) is 3. The topological polar surface area (TPSA) is 37.4 Å². The van der Waals surface area contributed by atoms with E-state index in [1.807, 2.05) is 31.2 Å². The van der Waals surface area contributed by atoms with Gasteiger partial charge >= 0.3 is 0 Å². The molecule has 1 atom stereocenters. The molecule has 116 valence electrons. The molecule has 0 amide bonds. The summed E-state index contributed by atoms with van der Waals surface area (Å²) in [7, 11) is -3.52. The first-order chi connectivity index (χ1) is 10.5. The molecule has 0 N–H and O–H groups in total. The Kier molecular flexibility index (Phi) is 4.50. The van der Waals surface area contributed by atoms with Crippen LogP contribution in [0.15, 0.2) is 53.4 Å². The molecule has 22 heavy (non-hydrogen) atoms. The van der Waals surface area contributed by atoms with Crippen molar-refractivity contribution in [2.75, 3.05) is 12.3 Å². The standard InChI is InChI=1S/C16H16ClNO2S2/c1-12-5-4-6-13(11-12)22(19,20)18-9-10-21-16(18)14-7-2-3-8-15(14)17/h2-8,11,16H,9-10H2,1H3. The summed E-state index contributed by atoms with van der Waals surface area (Å²) >= 11 is 7.86. The van der Waals surface area contributed by atoms with E-state index in [2.05, 4.69) is 0 Å². The van der Waals surface area contributed by atoms with Crippen LogP contribution in [0.3, 0.4) is 0 Å². The number of benzene rings is 2. The van der Waals surface area contributed by atoms with Gasteiger partial charge in [-0.2, -0.15) is 4.31 Å². The third-order valence-corrected chi connectivity index (χ3v) is 7.20. The third-order valence-electron chi connectivity index (χ3n) is 3.62. The molecule has 3 nitrogen and oxygen atoms in total. The van der Waals surface area contributed by atoms with Crippen molar-refractivity contribution in [3.05, 3.63) is 64.7 Å². The van der Waals surface area contributed by atoms with Crippen molar-refractivity contribution < 1.29 is 8.42 Å². The predicted molar refractivity (Wildman–Crippen MR) is 91.7 cm³/mol. The smallest absolute Gasteiger partial charge is 0.207 e. The normalized spacial score (nSPS) is 19.5. The molecule has 0 bridgehead atoms. The molecule has 1 fully saturated rings. The van der Waals surface area contributed by atoms with E-state index in [9.17, 15) is 8.42 Å². The fourth-order valence-electron chi connectivity index (χ4n) is 2.53. The van der Waals surface area contributed by atoms with Gasteiger partial charge in [-0.25, -0.2) is 8.42 Å². The molecule has 2 aromatic rings. The van der Waals surface area contributed by atoms with E-state index in [1.165, 1.54) is 0 Å². The summed E-state index contributed by atoms with van der Waals surface area (Å²) in [5.41, 5.74) is 1.78. The van der Waals surface area contributed by atoms with Crippen LogP contribution in [-0.2, 0) is 10.0 Å². The first kappa shape index (κ1) is 15.9. The molecule has 0 aliphatic carbocycles. The SMILES string of the molecule is Cc1cccc(S(=O)(=O)N2CCSC2c2ccccc2Cl)c1. The van der Waals surface area contributed by atoms with Crippen molar-refractivity contribution in [2.24, 2.45) is 0 Å². The number of rotatable bonds is 3. The quantitative estimate of drug-likeness (QED) is 0.834. The van der Waals surface area contributed by atoms with Gasteiger partial charge in [0.25, 0.3) is 0 Å². The van der Waals surface area contributed by atoms with Crippen molar-refractivity contribution in [1.29, 1.82) is 0 Å². The average Bonchev–Trinajstić information content (AvgIpc) is 2.98. The number of aryl methyl sites for hydroxylation is 1. The van der Waals surface area contributed by atoms with Crippen molar-refractivity contribution >= 4 is 33.4 Å². The molecule has 0 aromatic heterocycles. The van der Waals surface area contributed by atoms with Crippen LogP contribution in [0, 0.1) is 6.92 Å². The zero-order valence-electron chi connectivity index (χ0n) is 12.1. The van der Waals surface area contributed by atoms with E-state index in [-0.39, 0.29) is 5.37 Å². The zero-order valence-corrected chi connectivity index (χ0v) is 14.5. The summed E-state index contributed by atoms with van der Waals surface area (Å²) in [4.78, 5) is 0.340. The van der Waals surface area contributed by atoms with Gasteiger partial charge in [0.05, 0.1) is 10.3 Å². The minimum Gasteiger partial charge on any atom is -0.207 e. The lowest BCUT2D eigenvalue weighted by Gasteiger charge is -2.24. The summed E-state index contributed by atoms with van der Waals surface area (Å²) in [5, 5.41) is 0.338. The van der Waals surface area contributed by atoms with Crippen molar-refractivity contribution in [1.82, 2.24) is 4.31 Å². The summed E-state index contributed by atoms with van der Waals surface area (Å²) in [5.74, 6) is 0.765. The number of thioether (sulfide) groups is 1. The van der Waals surface area contributed by atoms with E-state index in [1.54, 1.807) is 40.3 Å². The van der Waals surface area contributed by atoms with Gasteiger partial charge in [0, 0.05) is 17.3 Å². The van der Waals surface area contributed by atoms with Crippen LogP contribution in [0.25, 0.3) is 0 Å². The maximum Gasteiger partial charge on any atom is 0.244 e. The highest BCUT2D eigenvalue weighted by Crippen LogP contribution is 2.43. The monoisotopic (exact) mass is 353 g/mol. The molecule has 1 aliphatic rings. The van der Waals surface area contributed by atoms with Crippen LogP contribution >= 0.6 is 23.4 Å². The third kappa shape index (κ3) is 2.91. The highest BCUT2D eigenvalue weighted by Gasteiger charge is 2.37. The Hall–Kier alpha value is -1.01. The first-order valence-corrected chi connectivity index (χ1v) is 9.81. The highest BCUT2D eigenvalue weighted by molar-refractivity contribution is 8.01. The van der Waals surface area contributed by atoms with Gasteiger partial charge in [-0.3, -0.25) is 0 Å². The van der Waals surface area contributed by atoms with E-state index in [0.29, 0.717) is 16.5 Å². The lowest BCUT2D eigenvalue weighted by Crippen LogP contribution is -2.30. The fourth-order valence-corrected chi connectivity index (χ4v) is 6.21. The number of halogens is 1. The number of sulfonamides is 1. The average molecular weight is 354 g/mol. The maximum atomic E-state index is 13.0. The van der Waals surface area contributed by atoms with Gasteiger partial charge in [0.2, 0.25) is 10.0 Å². The molecular formula is C16H16ClNO2S2. The van der Waals surface area contributed by atoms with Crippen LogP contribution < -0.4 is 0 Å². The number of hydrogen-bond donors (Lipinski definition) is 0. The Morgan fingerprint density at radius 3 is 2.68 bits per heavy atom. The van der Waals surface area contributed by atoms with Crippen LogP contribution in [-0.4, -0.2) is 25.0 Å². The Bertz CT molecular complexity index is 792. The summed E-state index contributed by atoms with van der Waals surface area (Å²) in [6.07, 6.45) is 0. The Labute approximate surface area is 140 Å². The Morgan fingerprint density at radius 2 is 1.95 bits per heavy atom. The van der Waals surface area contributed by atoms with Crippen molar-refractivity contribution in [3.8, 4) is 0 Å². The second-order valence-electron chi connectivity index (χ2n) is 5.18. The molecule has 1 saturated heterocycles. The minimum absolute atomic E-state index is 0.265. The lowest BCUT2D eigenvalue weighted by atomic mass is 10.2. The van der Waals surface area contributed by atoms with Crippen LogP contribution in [0.2, 0.25) is 5.02 Å². The lowest BCUT2D eigenvalue weighted by molar-refractivity contribution is 0.434. The number of nitrogens with zero attached hydrogens (tertiary/aromatic N) is 1. The second kappa shape index (κ2) is 6.24. The van der Waals surface area contributed by atoms with E-state index < -0.39 is 10.0 Å². The predicted octanol–water partition coefficient (Wildman–Crippen LogP) is 4.08. The van der Waals surface area contributed by atoms with Gasteiger partial charge < -0.3 is 0 Å².